The van der Waals surface area contributed by atoms with E-state index in [0.29, 0.717) is 24.8 Å². The molecule has 1 aromatic carbocycles. The number of para-hydroxylation sites is 2. The van der Waals surface area contributed by atoms with Gasteiger partial charge in [0, 0.05) is 31.7 Å². The fraction of sp³-hybridized carbons (Fsp3) is 0.474. The molecule has 1 aliphatic rings. The maximum absolute atomic E-state index is 12.2. The SMILES string of the molecule is CCOc1ccccc1NC(=O)CCN1CC(n2nc(C)cc2C)C1. The van der Waals surface area contributed by atoms with Gasteiger partial charge in [-0.05, 0) is 39.0 Å². The van der Waals surface area contributed by atoms with Crippen LogP contribution in [-0.4, -0.2) is 46.8 Å². The summed E-state index contributed by atoms with van der Waals surface area (Å²) >= 11 is 0. The zero-order valence-electron chi connectivity index (χ0n) is 15.2. The number of anilines is 1. The van der Waals surface area contributed by atoms with Crippen LogP contribution in [0.15, 0.2) is 30.3 Å². The molecule has 3 rings (SSSR count). The Hall–Kier alpha value is -2.34. The lowest BCUT2D eigenvalue weighted by atomic mass is 10.1. The summed E-state index contributed by atoms with van der Waals surface area (Å²) in [6, 6.07) is 10.1. The molecule has 6 heteroatoms. The van der Waals surface area contributed by atoms with Gasteiger partial charge in [0.15, 0.2) is 0 Å². The molecule has 1 fully saturated rings. The van der Waals surface area contributed by atoms with E-state index in [9.17, 15) is 4.79 Å². The van der Waals surface area contributed by atoms with E-state index in [-0.39, 0.29) is 5.91 Å². The van der Waals surface area contributed by atoms with Crippen LogP contribution in [0.1, 0.15) is 30.8 Å². The number of nitrogens with one attached hydrogen (secondary N) is 1. The van der Waals surface area contributed by atoms with Gasteiger partial charge >= 0.3 is 0 Å². The molecular weight excluding hydrogens is 316 g/mol. The second-order valence-electron chi connectivity index (χ2n) is 6.51. The smallest absolute Gasteiger partial charge is 0.225 e. The highest BCUT2D eigenvalue weighted by atomic mass is 16.5. The first-order chi connectivity index (χ1) is 12.1. The molecule has 1 N–H and O–H groups in total. The van der Waals surface area contributed by atoms with Crippen molar-refractivity contribution in [2.45, 2.75) is 33.2 Å². The minimum absolute atomic E-state index is 0.0155. The molecule has 0 atom stereocenters. The van der Waals surface area contributed by atoms with Crippen LogP contribution in [0.25, 0.3) is 0 Å². The second kappa shape index (κ2) is 7.70. The van der Waals surface area contributed by atoms with E-state index in [1.165, 1.54) is 5.69 Å². The summed E-state index contributed by atoms with van der Waals surface area (Å²) in [6.07, 6.45) is 0.476. The maximum atomic E-state index is 12.2. The van der Waals surface area contributed by atoms with Gasteiger partial charge in [-0.15, -0.1) is 0 Å². The molecule has 1 aliphatic heterocycles. The standard InChI is InChI=1S/C19H26N4O2/c1-4-25-18-8-6-5-7-17(18)20-19(24)9-10-22-12-16(13-22)23-15(3)11-14(2)21-23/h5-8,11,16H,4,9-10,12-13H2,1-3H3,(H,20,24). The Bertz CT molecular complexity index is 735. The predicted octanol–water partition coefficient (Wildman–Crippen LogP) is 2.78. The monoisotopic (exact) mass is 342 g/mol. The number of hydrogen-bond acceptors (Lipinski definition) is 4. The first-order valence-corrected chi connectivity index (χ1v) is 8.83. The van der Waals surface area contributed by atoms with Crippen LogP contribution in [-0.2, 0) is 4.79 Å². The topological polar surface area (TPSA) is 59.4 Å². The van der Waals surface area contributed by atoms with E-state index < -0.39 is 0 Å². The van der Waals surface area contributed by atoms with Crippen molar-refractivity contribution < 1.29 is 9.53 Å². The van der Waals surface area contributed by atoms with Gasteiger partial charge in [0.25, 0.3) is 0 Å². The minimum Gasteiger partial charge on any atom is -0.492 e. The largest absolute Gasteiger partial charge is 0.492 e. The van der Waals surface area contributed by atoms with Gasteiger partial charge in [-0.3, -0.25) is 14.4 Å². The number of aryl methyl sites for hydroxylation is 2. The van der Waals surface area contributed by atoms with Gasteiger partial charge in [-0.25, -0.2) is 0 Å². The lowest BCUT2D eigenvalue weighted by molar-refractivity contribution is -0.116. The molecular formula is C19H26N4O2. The average Bonchev–Trinajstić information content (AvgIpc) is 2.86. The number of aromatic nitrogens is 2. The average molecular weight is 342 g/mol. The Kier molecular flexibility index (Phi) is 5.38. The summed E-state index contributed by atoms with van der Waals surface area (Å²) in [5.41, 5.74) is 2.99. The summed E-state index contributed by atoms with van der Waals surface area (Å²) in [4.78, 5) is 14.5. The van der Waals surface area contributed by atoms with Crippen LogP contribution in [0.5, 0.6) is 5.75 Å². The lowest BCUT2D eigenvalue weighted by Crippen LogP contribution is -2.49. The van der Waals surface area contributed by atoms with Gasteiger partial charge < -0.3 is 10.1 Å². The van der Waals surface area contributed by atoms with Crippen LogP contribution < -0.4 is 10.1 Å². The van der Waals surface area contributed by atoms with E-state index in [0.717, 1.165) is 31.0 Å². The Balaban J connectivity index is 1.44. The van der Waals surface area contributed by atoms with Crippen LogP contribution in [0.2, 0.25) is 0 Å². The summed E-state index contributed by atoms with van der Waals surface area (Å²) < 4.78 is 7.64. The van der Waals surface area contributed by atoms with Crippen LogP contribution in [0.3, 0.4) is 0 Å². The van der Waals surface area contributed by atoms with Crippen molar-refractivity contribution in [3.8, 4) is 5.75 Å². The van der Waals surface area contributed by atoms with Crippen molar-refractivity contribution in [2.75, 3.05) is 31.6 Å². The van der Waals surface area contributed by atoms with E-state index in [2.05, 4.69) is 33.0 Å². The number of carbonyl (C=O) groups excluding carboxylic acids is 1. The van der Waals surface area contributed by atoms with Gasteiger partial charge in [0.2, 0.25) is 5.91 Å². The van der Waals surface area contributed by atoms with Gasteiger partial charge in [-0.2, -0.15) is 5.10 Å². The minimum atomic E-state index is 0.0155. The third-order valence-electron chi connectivity index (χ3n) is 4.44. The Morgan fingerprint density at radius 1 is 1.32 bits per heavy atom. The Labute approximate surface area is 148 Å². The number of hydrogen-bond donors (Lipinski definition) is 1. The Morgan fingerprint density at radius 3 is 2.76 bits per heavy atom. The normalized spacial score (nSPS) is 15.0. The van der Waals surface area contributed by atoms with Crippen LogP contribution >= 0.6 is 0 Å². The molecule has 0 aliphatic carbocycles. The molecule has 1 saturated heterocycles. The first-order valence-electron chi connectivity index (χ1n) is 8.83. The first kappa shape index (κ1) is 17.5. The van der Waals surface area contributed by atoms with Gasteiger partial charge in [-0.1, -0.05) is 12.1 Å². The highest BCUT2D eigenvalue weighted by Crippen LogP contribution is 2.25. The predicted molar refractivity (Wildman–Crippen MR) is 98.0 cm³/mol. The van der Waals surface area contributed by atoms with Crippen LogP contribution in [0, 0.1) is 13.8 Å². The fourth-order valence-corrected chi connectivity index (χ4v) is 3.22. The quantitative estimate of drug-likeness (QED) is 0.840. The van der Waals surface area contributed by atoms with Crippen molar-refractivity contribution in [3.63, 3.8) is 0 Å². The van der Waals surface area contributed by atoms with Crippen molar-refractivity contribution >= 4 is 11.6 Å². The summed E-state index contributed by atoms with van der Waals surface area (Å²) in [5, 5.41) is 7.49. The molecule has 1 aromatic heterocycles. The van der Waals surface area contributed by atoms with E-state index in [1.807, 2.05) is 38.1 Å². The van der Waals surface area contributed by atoms with Gasteiger partial charge in [0.05, 0.1) is 24.0 Å². The molecule has 0 radical (unpaired) electrons. The van der Waals surface area contributed by atoms with E-state index in [4.69, 9.17) is 4.74 Å². The van der Waals surface area contributed by atoms with E-state index in [1.54, 1.807) is 0 Å². The zero-order valence-corrected chi connectivity index (χ0v) is 15.2. The molecule has 134 valence electrons. The summed E-state index contributed by atoms with van der Waals surface area (Å²) in [5.74, 6) is 0.730. The fourth-order valence-electron chi connectivity index (χ4n) is 3.22. The van der Waals surface area contributed by atoms with Crippen molar-refractivity contribution in [1.29, 1.82) is 0 Å². The van der Waals surface area contributed by atoms with Crippen molar-refractivity contribution in [2.24, 2.45) is 0 Å². The molecule has 0 bridgehead atoms. The molecule has 2 aromatic rings. The number of benzene rings is 1. The Morgan fingerprint density at radius 2 is 2.08 bits per heavy atom. The molecule has 1 amide bonds. The number of rotatable bonds is 7. The maximum Gasteiger partial charge on any atom is 0.225 e. The summed E-state index contributed by atoms with van der Waals surface area (Å²) in [7, 11) is 0. The number of nitrogens with zero attached hydrogens (tertiary/aromatic N) is 3. The molecule has 25 heavy (non-hydrogen) atoms. The number of likely N-dealkylation sites (tertiary alicyclic amines) is 1. The highest BCUT2D eigenvalue weighted by molar-refractivity contribution is 5.92. The van der Waals surface area contributed by atoms with Gasteiger partial charge in [0.1, 0.15) is 5.75 Å². The lowest BCUT2D eigenvalue weighted by Gasteiger charge is -2.39. The highest BCUT2D eigenvalue weighted by Gasteiger charge is 2.29. The molecule has 0 saturated carbocycles. The third-order valence-corrected chi connectivity index (χ3v) is 4.44. The van der Waals surface area contributed by atoms with E-state index >= 15 is 0 Å². The van der Waals surface area contributed by atoms with Crippen molar-refractivity contribution in [3.05, 3.63) is 41.7 Å². The second-order valence-corrected chi connectivity index (χ2v) is 6.51. The zero-order chi connectivity index (χ0) is 17.8. The molecule has 0 unspecified atom stereocenters. The molecule has 6 nitrogen and oxygen atoms in total. The number of carbonyl (C=O) groups is 1. The summed E-state index contributed by atoms with van der Waals surface area (Å²) in [6.45, 7) is 9.28. The third kappa shape index (κ3) is 4.20. The molecule has 2 heterocycles. The number of amides is 1. The molecule has 0 spiro atoms. The van der Waals surface area contributed by atoms with Crippen molar-refractivity contribution in [1.82, 2.24) is 14.7 Å². The van der Waals surface area contributed by atoms with Crippen LogP contribution in [0.4, 0.5) is 5.69 Å². The number of ether oxygens (including phenoxy) is 1.